The van der Waals surface area contributed by atoms with Gasteiger partial charge in [0.15, 0.2) is 0 Å². The third kappa shape index (κ3) is 5.23. The van der Waals surface area contributed by atoms with Gasteiger partial charge in [0.2, 0.25) is 0 Å². The second-order valence-corrected chi connectivity index (χ2v) is 14.9. The minimum atomic E-state index is -0.237. The van der Waals surface area contributed by atoms with Gasteiger partial charge < -0.3 is 29.4 Å². The molecule has 1 aliphatic heterocycles. The molecule has 0 amide bonds. The Morgan fingerprint density at radius 1 is 0.404 bits per heavy atom. The molecule has 1 saturated heterocycles. The molecule has 272 valence electrons. The smallest absolute Gasteiger partial charge is 0.137 e. The summed E-state index contributed by atoms with van der Waals surface area (Å²) >= 11 is 0. The molecule has 3 aromatic heterocycles. The molecule has 4 heterocycles. The molecule has 1 aliphatic rings. The molecular formula is C51H35N4O2-. The van der Waals surface area contributed by atoms with Crippen molar-refractivity contribution >= 4 is 65.7 Å². The monoisotopic (exact) mass is 735 g/mol. The van der Waals surface area contributed by atoms with Crippen LogP contribution in [-0.4, -0.2) is 4.57 Å². The second-order valence-electron chi connectivity index (χ2n) is 14.9. The summed E-state index contributed by atoms with van der Waals surface area (Å²) < 4.78 is 15.4. The summed E-state index contributed by atoms with van der Waals surface area (Å²) in [5.41, 5.74) is 12.5. The van der Waals surface area contributed by atoms with Crippen molar-refractivity contribution in [2.24, 2.45) is 0 Å². The molecule has 6 nitrogen and oxygen atoms in total. The van der Waals surface area contributed by atoms with E-state index in [0.717, 1.165) is 71.8 Å². The molecule has 0 aliphatic carbocycles. The number of hydrogen-bond donors (Lipinski definition) is 2. The van der Waals surface area contributed by atoms with E-state index in [1.165, 1.54) is 27.4 Å². The summed E-state index contributed by atoms with van der Waals surface area (Å²) in [4.78, 5) is 0. The van der Waals surface area contributed by atoms with Crippen molar-refractivity contribution in [1.82, 2.24) is 15.2 Å². The van der Waals surface area contributed by atoms with Crippen molar-refractivity contribution in [2.75, 3.05) is 0 Å². The molecule has 0 spiro atoms. The lowest BCUT2D eigenvalue weighted by atomic mass is 9.99. The predicted octanol–water partition coefficient (Wildman–Crippen LogP) is 13.2. The third-order valence-electron chi connectivity index (χ3n) is 11.6. The molecule has 6 heteroatoms. The molecule has 12 rings (SSSR count). The molecule has 11 aromatic rings. The van der Waals surface area contributed by atoms with Gasteiger partial charge in [-0.25, -0.2) is 0 Å². The zero-order chi connectivity index (χ0) is 37.5. The fourth-order valence-corrected chi connectivity index (χ4v) is 8.94. The van der Waals surface area contributed by atoms with E-state index in [2.05, 4.69) is 185 Å². The minimum Gasteiger partial charge on any atom is -0.624 e. The fraction of sp³-hybridized carbons (Fsp3) is 0.0588. The zero-order valence-electron chi connectivity index (χ0n) is 30.8. The van der Waals surface area contributed by atoms with Crippen LogP contribution in [0.15, 0.2) is 191 Å². The Bertz CT molecular complexity index is 3210. The van der Waals surface area contributed by atoms with Crippen molar-refractivity contribution in [3.05, 3.63) is 204 Å². The molecule has 0 radical (unpaired) electrons. The number of rotatable bonds is 5. The molecule has 3 unspecified atom stereocenters. The van der Waals surface area contributed by atoms with Crippen LogP contribution in [0, 0.1) is 0 Å². The Morgan fingerprint density at radius 3 is 1.72 bits per heavy atom. The van der Waals surface area contributed by atoms with Gasteiger partial charge in [-0.2, -0.15) is 0 Å². The lowest BCUT2D eigenvalue weighted by molar-refractivity contribution is 0.316. The van der Waals surface area contributed by atoms with Gasteiger partial charge in [-0.15, -0.1) is 0 Å². The first kappa shape index (κ1) is 32.3. The van der Waals surface area contributed by atoms with Crippen molar-refractivity contribution in [3.8, 4) is 16.8 Å². The van der Waals surface area contributed by atoms with E-state index in [4.69, 9.17) is 14.2 Å². The highest BCUT2D eigenvalue weighted by Crippen LogP contribution is 2.42. The van der Waals surface area contributed by atoms with Crippen LogP contribution in [0.25, 0.3) is 87.8 Å². The zero-order valence-corrected chi connectivity index (χ0v) is 30.8. The van der Waals surface area contributed by atoms with E-state index in [1.807, 2.05) is 12.1 Å². The van der Waals surface area contributed by atoms with E-state index < -0.39 is 0 Å². The average Bonchev–Trinajstić information content (AvgIpc) is 3.95. The van der Waals surface area contributed by atoms with Crippen LogP contribution in [0.1, 0.15) is 35.2 Å². The SMILES string of the molecule is c1ccc(C2[N-]C(c3ccc4c(c3)oc3ccc(-c5ccc6oc7cccc(-n8c9ccccc9c9ccccc98)c7c6c5)cc34)NC(c3ccccc3)N2)cc1. The lowest BCUT2D eigenvalue weighted by Gasteiger charge is -2.50. The van der Waals surface area contributed by atoms with Gasteiger partial charge in [0.1, 0.15) is 22.3 Å². The predicted molar refractivity (Wildman–Crippen MR) is 232 cm³/mol. The highest BCUT2D eigenvalue weighted by molar-refractivity contribution is 6.15. The third-order valence-corrected chi connectivity index (χ3v) is 11.6. The number of fused-ring (bicyclic) bond motifs is 9. The maximum Gasteiger partial charge on any atom is 0.137 e. The van der Waals surface area contributed by atoms with Crippen molar-refractivity contribution in [3.63, 3.8) is 0 Å². The second kappa shape index (κ2) is 12.8. The topological polar surface area (TPSA) is 69.4 Å². The number of nitrogens with zero attached hydrogens (tertiary/aromatic N) is 2. The standard InChI is InChI=1S/C51H35N4O2/c1-3-12-31(13-4-1)49-52-50(32-14-5-2-6-15-32)54-51(53-49)35-22-25-38-39-28-33(23-26-44(39)57-47(38)30-35)34-24-27-45-40(29-34)48-43(20-11-21-46(48)56-45)55-41-18-9-7-16-36(41)37-17-8-10-19-42(37)55/h1-30,49-53H/q-1. The molecular weight excluding hydrogens is 701 g/mol. The Balaban J connectivity index is 0.937. The van der Waals surface area contributed by atoms with Crippen LogP contribution in [-0.2, 0) is 0 Å². The van der Waals surface area contributed by atoms with Crippen LogP contribution in [0.5, 0.6) is 0 Å². The maximum atomic E-state index is 6.54. The number of benzene rings is 8. The quantitative estimate of drug-likeness (QED) is 0.185. The van der Waals surface area contributed by atoms with Gasteiger partial charge in [0, 0.05) is 26.9 Å². The van der Waals surface area contributed by atoms with Gasteiger partial charge >= 0.3 is 0 Å². The van der Waals surface area contributed by atoms with Gasteiger partial charge in [0.25, 0.3) is 0 Å². The van der Waals surface area contributed by atoms with Gasteiger partial charge in [-0.3, -0.25) is 0 Å². The molecule has 0 bridgehead atoms. The van der Waals surface area contributed by atoms with E-state index in [-0.39, 0.29) is 18.5 Å². The van der Waals surface area contributed by atoms with E-state index >= 15 is 0 Å². The van der Waals surface area contributed by atoms with E-state index in [9.17, 15) is 0 Å². The molecule has 8 aromatic carbocycles. The van der Waals surface area contributed by atoms with Crippen LogP contribution < -0.4 is 10.6 Å². The number of nitrogens with one attached hydrogen (secondary N) is 2. The summed E-state index contributed by atoms with van der Waals surface area (Å²) in [7, 11) is 0. The minimum absolute atomic E-state index is 0.0735. The average molecular weight is 736 g/mol. The molecule has 0 saturated carbocycles. The summed E-state index contributed by atoms with van der Waals surface area (Å²) in [6.07, 6.45) is -0.478. The number of para-hydroxylation sites is 2. The summed E-state index contributed by atoms with van der Waals surface area (Å²) in [5, 5.41) is 19.5. The normalized spacial score (nSPS) is 17.4. The van der Waals surface area contributed by atoms with E-state index in [0.29, 0.717) is 0 Å². The Labute approximate surface area is 327 Å². The van der Waals surface area contributed by atoms with Crippen molar-refractivity contribution < 1.29 is 8.83 Å². The maximum absolute atomic E-state index is 6.54. The Kier molecular flexibility index (Phi) is 7.25. The van der Waals surface area contributed by atoms with Crippen molar-refractivity contribution in [1.29, 1.82) is 0 Å². The Morgan fingerprint density at radius 2 is 1.00 bits per heavy atom. The largest absolute Gasteiger partial charge is 0.624 e. The first-order chi connectivity index (χ1) is 28.2. The van der Waals surface area contributed by atoms with Gasteiger partial charge in [0.05, 0.1) is 28.3 Å². The summed E-state index contributed by atoms with van der Waals surface area (Å²) in [5.74, 6) is 0. The molecule has 3 atom stereocenters. The highest BCUT2D eigenvalue weighted by atomic mass is 16.3. The summed E-state index contributed by atoms with van der Waals surface area (Å²) in [6.45, 7) is 0. The lowest BCUT2D eigenvalue weighted by Crippen LogP contribution is -2.44. The van der Waals surface area contributed by atoms with Crippen LogP contribution in [0.3, 0.4) is 0 Å². The molecule has 1 fully saturated rings. The Hall–Kier alpha value is -6.96. The van der Waals surface area contributed by atoms with Gasteiger partial charge in [-0.05, 0) is 76.9 Å². The van der Waals surface area contributed by atoms with Crippen LogP contribution in [0.4, 0.5) is 0 Å². The van der Waals surface area contributed by atoms with Crippen molar-refractivity contribution in [2.45, 2.75) is 18.5 Å². The van der Waals surface area contributed by atoms with Crippen LogP contribution >= 0.6 is 0 Å². The first-order valence-electron chi connectivity index (χ1n) is 19.5. The molecule has 2 N–H and O–H groups in total. The molecule has 57 heavy (non-hydrogen) atoms. The van der Waals surface area contributed by atoms with Gasteiger partial charge in [-0.1, -0.05) is 145 Å². The number of hydrogen-bond acceptors (Lipinski definition) is 4. The highest BCUT2D eigenvalue weighted by Gasteiger charge is 2.23. The van der Waals surface area contributed by atoms with E-state index in [1.54, 1.807) is 0 Å². The summed E-state index contributed by atoms with van der Waals surface area (Å²) in [6, 6.07) is 64.1. The fourth-order valence-electron chi connectivity index (χ4n) is 8.94. The number of aromatic nitrogens is 1. The first-order valence-corrected chi connectivity index (χ1v) is 19.5. The van der Waals surface area contributed by atoms with Crippen LogP contribution in [0.2, 0.25) is 0 Å². The number of furan rings is 2.